The van der Waals surface area contributed by atoms with E-state index in [2.05, 4.69) is 28.5 Å². The first-order chi connectivity index (χ1) is 12.7. The van der Waals surface area contributed by atoms with E-state index in [4.69, 9.17) is 0 Å². The minimum atomic E-state index is -0.233. The number of fused-ring (bicyclic) bond motifs is 1. The number of carbonyl (C=O) groups excluding carboxylic acids is 1. The summed E-state index contributed by atoms with van der Waals surface area (Å²) in [7, 11) is 1.99. The molecule has 1 aliphatic carbocycles. The Morgan fingerprint density at radius 2 is 2.19 bits per heavy atom. The van der Waals surface area contributed by atoms with Crippen molar-refractivity contribution in [3.63, 3.8) is 0 Å². The highest BCUT2D eigenvalue weighted by Gasteiger charge is 2.25. The van der Waals surface area contributed by atoms with Crippen molar-refractivity contribution in [1.82, 2.24) is 20.1 Å². The molecule has 0 radical (unpaired) electrons. The number of amides is 1. The molecule has 2 aromatic heterocycles. The Bertz CT molecular complexity index is 819. The van der Waals surface area contributed by atoms with Crippen LogP contribution in [0.5, 0.6) is 0 Å². The summed E-state index contributed by atoms with van der Waals surface area (Å²) < 4.78 is 2.01. The largest absolute Gasteiger partial charge is 0.351 e. The van der Waals surface area contributed by atoms with E-state index in [0.717, 1.165) is 16.9 Å². The van der Waals surface area contributed by atoms with Gasteiger partial charge in [-0.15, -0.1) is 21.5 Å². The zero-order valence-electron chi connectivity index (χ0n) is 17.1. The van der Waals surface area contributed by atoms with E-state index in [0.29, 0.717) is 0 Å². The van der Waals surface area contributed by atoms with Crippen LogP contribution in [-0.2, 0) is 24.7 Å². The summed E-state index contributed by atoms with van der Waals surface area (Å²) in [5, 5.41) is 12.4. The zero-order chi connectivity index (χ0) is 19.8. The number of thioether (sulfide) groups is 1. The first-order valence-electron chi connectivity index (χ1n) is 9.68. The molecule has 0 saturated heterocycles. The fraction of sp³-hybridized carbons (Fsp3) is 0.650. The number of aromatic nitrogens is 3. The standard InChI is InChI=1S/C20H30N4OS2/c1-7-13-8-9-15-14(10-13)11-16(27-15)17-22-23-19(24(17)6)26-12(2)18(25)21-20(3,4)5/h11-13H,7-10H2,1-6H3,(H,21,25). The van der Waals surface area contributed by atoms with E-state index >= 15 is 0 Å². The fourth-order valence-corrected chi connectivity index (χ4v) is 5.42. The number of hydrogen-bond acceptors (Lipinski definition) is 5. The monoisotopic (exact) mass is 406 g/mol. The second-order valence-corrected chi connectivity index (χ2v) is 10.9. The Hall–Kier alpha value is -1.34. The van der Waals surface area contributed by atoms with Gasteiger partial charge in [0, 0.05) is 17.5 Å². The molecule has 7 heteroatoms. The van der Waals surface area contributed by atoms with Gasteiger partial charge in [-0.3, -0.25) is 4.79 Å². The molecule has 0 spiro atoms. The van der Waals surface area contributed by atoms with Gasteiger partial charge in [0.15, 0.2) is 11.0 Å². The Balaban J connectivity index is 1.74. The van der Waals surface area contributed by atoms with Crippen LogP contribution in [0.25, 0.3) is 10.7 Å². The van der Waals surface area contributed by atoms with E-state index in [-0.39, 0.29) is 16.7 Å². The molecule has 1 aliphatic rings. The molecule has 1 amide bonds. The maximum absolute atomic E-state index is 12.4. The van der Waals surface area contributed by atoms with Crippen LogP contribution in [0, 0.1) is 5.92 Å². The maximum atomic E-state index is 12.4. The third-order valence-electron chi connectivity index (χ3n) is 4.97. The lowest BCUT2D eigenvalue weighted by Gasteiger charge is -2.22. The van der Waals surface area contributed by atoms with Crippen LogP contribution in [0.3, 0.4) is 0 Å². The molecule has 2 atom stereocenters. The van der Waals surface area contributed by atoms with Crippen molar-refractivity contribution in [2.24, 2.45) is 13.0 Å². The minimum absolute atomic E-state index is 0.0224. The molecule has 0 aliphatic heterocycles. The summed E-state index contributed by atoms with van der Waals surface area (Å²) in [6, 6.07) is 2.30. The SMILES string of the molecule is CCC1CCc2sc(-c3nnc(SC(C)C(=O)NC(C)(C)C)n3C)cc2C1. The smallest absolute Gasteiger partial charge is 0.233 e. The van der Waals surface area contributed by atoms with E-state index in [1.54, 1.807) is 0 Å². The molecular formula is C20H30N4OS2. The lowest BCUT2D eigenvalue weighted by molar-refractivity contribution is -0.121. The number of rotatable bonds is 5. The second-order valence-electron chi connectivity index (χ2n) is 8.44. The van der Waals surface area contributed by atoms with Gasteiger partial charge in [-0.25, -0.2) is 0 Å². The summed E-state index contributed by atoms with van der Waals surface area (Å²) in [4.78, 5) is 15.0. The maximum Gasteiger partial charge on any atom is 0.233 e. The molecule has 5 nitrogen and oxygen atoms in total. The van der Waals surface area contributed by atoms with Crippen LogP contribution in [0.2, 0.25) is 0 Å². The molecule has 0 bridgehead atoms. The zero-order valence-corrected chi connectivity index (χ0v) is 18.8. The Labute approximate surface area is 170 Å². The van der Waals surface area contributed by atoms with Crippen molar-refractivity contribution in [2.45, 2.75) is 76.2 Å². The molecule has 0 fully saturated rings. The second kappa shape index (κ2) is 7.95. The summed E-state index contributed by atoms with van der Waals surface area (Å²) in [6.07, 6.45) is 4.92. The third kappa shape index (κ3) is 4.74. The van der Waals surface area contributed by atoms with Crippen molar-refractivity contribution >= 4 is 29.0 Å². The van der Waals surface area contributed by atoms with Crippen LogP contribution >= 0.6 is 23.1 Å². The van der Waals surface area contributed by atoms with Crippen molar-refractivity contribution < 1.29 is 4.79 Å². The van der Waals surface area contributed by atoms with E-state index < -0.39 is 0 Å². The van der Waals surface area contributed by atoms with Crippen molar-refractivity contribution in [2.75, 3.05) is 0 Å². The van der Waals surface area contributed by atoms with Crippen LogP contribution in [0.1, 0.15) is 57.9 Å². The lowest BCUT2D eigenvalue weighted by atomic mass is 9.87. The predicted molar refractivity (Wildman–Crippen MR) is 113 cm³/mol. The van der Waals surface area contributed by atoms with Crippen LogP contribution in [0.4, 0.5) is 0 Å². The molecule has 2 unspecified atom stereocenters. The number of nitrogens with one attached hydrogen (secondary N) is 1. The van der Waals surface area contributed by atoms with Crippen LogP contribution < -0.4 is 5.32 Å². The Kier molecular flexibility index (Phi) is 6.01. The first kappa shape index (κ1) is 20.4. The predicted octanol–water partition coefficient (Wildman–Crippen LogP) is 4.45. The van der Waals surface area contributed by atoms with Crippen molar-refractivity contribution in [1.29, 1.82) is 0 Å². The summed E-state index contributed by atoms with van der Waals surface area (Å²) in [5.74, 6) is 1.73. The third-order valence-corrected chi connectivity index (χ3v) is 7.33. The summed E-state index contributed by atoms with van der Waals surface area (Å²) in [5.41, 5.74) is 1.26. The molecule has 148 valence electrons. The minimum Gasteiger partial charge on any atom is -0.351 e. The van der Waals surface area contributed by atoms with Gasteiger partial charge in [-0.05, 0) is 64.5 Å². The van der Waals surface area contributed by atoms with Gasteiger partial charge < -0.3 is 9.88 Å². The van der Waals surface area contributed by atoms with Crippen molar-refractivity contribution in [3.8, 4) is 10.7 Å². The number of nitrogens with zero attached hydrogens (tertiary/aromatic N) is 3. The number of thiophene rings is 1. The lowest BCUT2D eigenvalue weighted by Crippen LogP contribution is -2.44. The highest BCUT2D eigenvalue weighted by Crippen LogP contribution is 2.38. The Morgan fingerprint density at radius 1 is 1.44 bits per heavy atom. The topological polar surface area (TPSA) is 59.8 Å². The van der Waals surface area contributed by atoms with Crippen molar-refractivity contribution in [3.05, 3.63) is 16.5 Å². The van der Waals surface area contributed by atoms with Crippen LogP contribution in [-0.4, -0.2) is 31.5 Å². The highest BCUT2D eigenvalue weighted by molar-refractivity contribution is 8.00. The normalized spacial score (nSPS) is 18.2. The highest BCUT2D eigenvalue weighted by atomic mass is 32.2. The molecule has 1 N–H and O–H groups in total. The van der Waals surface area contributed by atoms with Crippen LogP contribution in [0.15, 0.2) is 11.2 Å². The quantitative estimate of drug-likeness (QED) is 0.745. The molecule has 0 saturated carbocycles. The summed E-state index contributed by atoms with van der Waals surface area (Å²) in [6.45, 7) is 10.2. The van der Waals surface area contributed by atoms with E-state index in [9.17, 15) is 4.79 Å². The van der Waals surface area contributed by atoms with Gasteiger partial charge in [0.25, 0.3) is 0 Å². The Morgan fingerprint density at radius 3 is 2.85 bits per heavy atom. The molecule has 2 aromatic rings. The van der Waals surface area contributed by atoms with Gasteiger partial charge in [0.05, 0.1) is 10.1 Å². The van der Waals surface area contributed by atoms with E-state index in [1.165, 1.54) is 52.8 Å². The molecule has 0 aromatic carbocycles. The molecular weight excluding hydrogens is 376 g/mol. The van der Waals surface area contributed by atoms with Gasteiger partial charge in [0.2, 0.25) is 5.91 Å². The van der Waals surface area contributed by atoms with E-state index in [1.807, 2.05) is 50.6 Å². The molecule has 2 heterocycles. The number of aryl methyl sites for hydroxylation is 1. The summed E-state index contributed by atoms with van der Waals surface area (Å²) >= 11 is 3.30. The average Bonchev–Trinajstić information content (AvgIpc) is 3.16. The first-order valence-corrected chi connectivity index (χ1v) is 11.4. The van der Waals surface area contributed by atoms with Gasteiger partial charge in [-0.2, -0.15) is 0 Å². The molecule has 3 rings (SSSR count). The van der Waals surface area contributed by atoms with Gasteiger partial charge >= 0.3 is 0 Å². The number of carbonyl (C=O) groups is 1. The van der Waals surface area contributed by atoms with Gasteiger partial charge in [-0.1, -0.05) is 25.1 Å². The number of hydrogen-bond donors (Lipinski definition) is 1. The fourth-order valence-electron chi connectivity index (χ4n) is 3.37. The van der Waals surface area contributed by atoms with Gasteiger partial charge in [0.1, 0.15) is 0 Å². The average molecular weight is 407 g/mol. The molecule has 27 heavy (non-hydrogen) atoms.